The van der Waals surface area contributed by atoms with Gasteiger partial charge in [0.25, 0.3) is 21.8 Å². The van der Waals surface area contributed by atoms with Gasteiger partial charge in [0, 0.05) is 0 Å². The van der Waals surface area contributed by atoms with Gasteiger partial charge in [0.05, 0.1) is 28.6 Å². The summed E-state index contributed by atoms with van der Waals surface area (Å²) in [4.78, 5) is 26.7. The van der Waals surface area contributed by atoms with Gasteiger partial charge in [0.2, 0.25) is 0 Å². The van der Waals surface area contributed by atoms with Crippen molar-refractivity contribution < 1.29 is 22.4 Å². The van der Waals surface area contributed by atoms with Crippen LogP contribution in [-0.4, -0.2) is 31.2 Å². The molecule has 2 aliphatic rings. The molecular weight excluding hydrogens is 431 g/mol. The Labute approximate surface area is 184 Å². The van der Waals surface area contributed by atoms with E-state index in [0.29, 0.717) is 0 Å². The topological polar surface area (TPSA) is 74.8 Å². The Morgan fingerprint density at radius 2 is 1.41 bits per heavy atom. The van der Waals surface area contributed by atoms with Crippen LogP contribution in [0.1, 0.15) is 33.2 Å². The van der Waals surface area contributed by atoms with Crippen molar-refractivity contribution in [1.29, 1.82) is 0 Å². The molecule has 6 nitrogen and oxygen atoms in total. The lowest BCUT2D eigenvalue weighted by molar-refractivity contribution is 0.0618. The maximum Gasteiger partial charge on any atom is 0.271 e. The molecule has 0 aliphatic carbocycles. The molecule has 32 heavy (non-hydrogen) atoms. The highest BCUT2D eigenvalue weighted by atomic mass is 32.2. The standard InChI is InChI=1S/C24H17FN2O4S/c1-15(26-23(28)18-11-5-6-12-19(18)24(26)29)21-14-16-8-7-13-20(25)22(16)32(30,31)27(21)17-9-3-2-4-10-17/h2-15H,1H3. The molecular formula is C24H17FN2O4S. The lowest BCUT2D eigenvalue weighted by Gasteiger charge is -2.36. The average Bonchev–Trinajstić information content (AvgIpc) is 3.03. The van der Waals surface area contributed by atoms with Gasteiger partial charge >= 0.3 is 0 Å². The van der Waals surface area contributed by atoms with E-state index >= 15 is 0 Å². The van der Waals surface area contributed by atoms with Crippen LogP contribution in [0.25, 0.3) is 6.08 Å². The summed E-state index contributed by atoms with van der Waals surface area (Å²) in [7, 11) is -4.35. The van der Waals surface area contributed by atoms with Crippen molar-refractivity contribution in [3.05, 3.63) is 101 Å². The largest absolute Gasteiger partial charge is 0.271 e. The zero-order valence-electron chi connectivity index (χ0n) is 16.9. The number of benzene rings is 3. The van der Waals surface area contributed by atoms with E-state index in [4.69, 9.17) is 0 Å². The lowest BCUT2D eigenvalue weighted by atomic mass is 10.1. The molecule has 0 bridgehead atoms. The van der Waals surface area contributed by atoms with Crippen LogP contribution in [0, 0.1) is 5.82 Å². The molecule has 8 heteroatoms. The van der Waals surface area contributed by atoms with Gasteiger partial charge in [0.15, 0.2) is 0 Å². The van der Waals surface area contributed by atoms with Crippen LogP contribution in [0.3, 0.4) is 0 Å². The summed E-state index contributed by atoms with van der Waals surface area (Å²) < 4.78 is 42.8. The molecule has 160 valence electrons. The van der Waals surface area contributed by atoms with Crippen molar-refractivity contribution in [1.82, 2.24) is 4.90 Å². The third-order valence-corrected chi connectivity index (χ3v) is 7.51. The van der Waals surface area contributed by atoms with Crippen molar-refractivity contribution in [2.24, 2.45) is 0 Å². The first-order valence-electron chi connectivity index (χ1n) is 9.90. The summed E-state index contributed by atoms with van der Waals surface area (Å²) in [5.74, 6) is -1.88. The SMILES string of the molecule is CC(C1=Cc2cccc(F)c2S(=O)(=O)N1c1ccccc1)N1C(=O)c2ccccc2C1=O. The minimum atomic E-state index is -4.35. The van der Waals surface area contributed by atoms with Crippen LogP contribution in [-0.2, 0) is 10.0 Å². The summed E-state index contributed by atoms with van der Waals surface area (Å²) in [6.07, 6.45) is 1.51. The molecule has 2 amide bonds. The van der Waals surface area contributed by atoms with Crippen LogP contribution >= 0.6 is 0 Å². The molecule has 0 radical (unpaired) electrons. The Bertz CT molecular complexity index is 1380. The Hall–Kier alpha value is -3.78. The molecule has 0 spiro atoms. The first kappa shape index (κ1) is 20.1. The molecule has 0 aromatic heterocycles. The number of imide groups is 1. The fourth-order valence-corrected chi connectivity index (χ4v) is 6.00. The van der Waals surface area contributed by atoms with Gasteiger partial charge < -0.3 is 0 Å². The average molecular weight is 448 g/mol. The molecule has 3 aromatic carbocycles. The predicted octanol–water partition coefficient (Wildman–Crippen LogP) is 4.06. The molecule has 5 rings (SSSR count). The number of fused-ring (bicyclic) bond motifs is 2. The van der Waals surface area contributed by atoms with E-state index in [0.717, 1.165) is 15.3 Å². The number of carbonyl (C=O) groups excluding carboxylic acids is 2. The van der Waals surface area contributed by atoms with Crippen LogP contribution in [0.5, 0.6) is 0 Å². The molecule has 0 fully saturated rings. The molecule has 1 atom stereocenters. The Balaban J connectivity index is 1.71. The Morgan fingerprint density at radius 1 is 0.812 bits per heavy atom. The van der Waals surface area contributed by atoms with E-state index in [9.17, 15) is 22.4 Å². The fourth-order valence-electron chi connectivity index (χ4n) is 4.19. The van der Waals surface area contributed by atoms with Crippen molar-refractivity contribution in [3.8, 4) is 0 Å². The summed E-state index contributed by atoms with van der Waals surface area (Å²) in [5.41, 5.74) is 1.14. The van der Waals surface area contributed by atoms with Gasteiger partial charge in [-0.3, -0.25) is 14.5 Å². The highest BCUT2D eigenvalue weighted by Gasteiger charge is 2.44. The smallest absolute Gasteiger partial charge is 0.269 e. The summed E-state index contributed by atoms with van der Waals surface area (Å²) >= 11 is 0. The van der Waals surface area contributed by atoms with Crippen LogP contribution in [0.15, 0.2) is 83.4 Å². The highest BCUT2D eigenvalue weighted by molar-refractivity contribution is 7.93. The van der Waals surface area contributed by atoms with Crippen molar-refractivity contribution in [3.63, 3.8) is 0 Å². The number of anilines is 1. The second kappa shape index (κ2) is 7.13. The Morgan fingerprint density at radius 3 is 2.03 bits per heavy atom. The van der Waals surface area contributed by atoms with Gasteiger partial charge in [-0.15, -0.1) is 0 Å². The van der Waals surface area contributed by atoms with E-state index in [1.165, 1.54) is 18.2 Å². The number of sulfonamides is 1. The molecule has 2 heterocycles. The number of para-hydroxylation sites is 1. The number of hydrogen-bond donors (Lipinski definition) is 0. The predicted molar refractivity (Wildman–Crippen MR) is 117 cm³/mol. The van der Waals surface area contributed by atoms with Crippen LogP contribution in [0.2, 0.25) is 0 Å². The first-order chi connectivity index (χ1) is 15.3. The zero-order chi connectivity index (χ0) is 22.6. The molecule has 0 N–H and O–H groups in total. The minimum Gasteiger partial charge on any atom is -0.269 e. The van der Waals surface area contributed by atoms with Crippen molar-refractivity contribution in [2.75, 3.05) is 4.31 Å². The van der Waals surface area contributed by atoms with Gasteiger partial charge in [-0.2, -0.15) is 0 Å². The van der Waals surface area contributed by atoms with E-state index in [2.05, 4.69) is 0 Å². The van der Waals surface area contributed by atoms with Gasteiger partial charge in [0.1, 0.15) is 10.7 Å². The second-order valence-electron chi connectivity index (χ2n) is 7.53. The van der Waals surface area contributed by atoms with E-state index < -0.39 is 38.6 Å². The highest BCUT2D eigenvalue weighted by Crippen LogP contribution is 2.40. The molecule has 1 unspecified atom stereocenters. The normalized spacial score (nSPS) is 17.6. The summed E-state index contributed by atoms with van der Waals surface area (Å²) in [5, 5.41) is 0. The molecule has 3 aromatic rings. The van der Waals surface area contributed by atoms with E-state index in [1.54, 1.807) is 61.5 Å². The number of halogens is 1. The molecule has 0 saturated carbocycles. The number of amides is 2. The maximum absolute atomic E-state index is 14.6. The fraction of sp³-hybridized carbons (Fsp3) is 0.0833. The number of rotatable bonds is 3. The van der Waals surface area contributed by atoms with Crippen molar-refractivity contribution in [2.45, 2.75) is 17.9 Å². The van der Waals surface area contributed by atoms with E-state index in [-0.39, 0.29) is 28.1 Å². The third kappa shape index (κ3) is 2.80. The van der Waals surface area contributed by atoms with Gasteiger partial charge in [-0.25, -0.2) is 17.1 Å². The number of nitrogens with zero attached hydrogens (tertiary/aromatic N) is 2. The second-order valence-corrected chi connectivity index (χ2v) is 9.26. The maximum atomic E-state index is 14.6. The summed E-state index contributed by atoms with van der Waals surface area (Å²) in [6, 6.07) is 17.7. The first-order valence-corrected chi connectivity index (χ1v) is 11.3. The Kier molecular flexibility index (Phi) is 4.49. The third-order valence-electron chi connectivity index (χ3n) is 5.67. The number of carbonyl (C=O) groups is 2. The number of hydrogen-bond acceptors (Lipinski definition) is 4. The monoisotopic (exact) mass is 448 g/mol. The van der Waals surface area contributed by atoms with Crippen LogP contribution in [0.4, 0.5) is 10.1 Å². The van der Waals surface area contributed by atoms with Gasteiger partial charge in [-0.1, -0.05) is 42.5 Å². The lowest BCUT2D eigenvalue weighted by Crippen LogP contribution is -2.46. The van der Waals surface area contributed by atoms with Crippen molar-refractivity contribution >= 4 is 33.6 Å². The van der Waals surface area contributed by atoms with E-state index in [1.807, 2.05) is 0 Å². The molecule has 2 aliphatic heterocycles. The summed E-state index contributed by atoms with van der Waals surface area (Å²) in [6.45, 7) is 1.59. The quantitative estimate of drug-likeness (QED) is 0.567. The van der Waals surface area contributed by atoms with Gasteiger partial charge in [-0.05, 0) is 48.9 Å². The zero-order valence-corrected chi connectivity index (χ0v) is 17.7. The van der Waals surface area contributed by atoms with Crippen LogP contribution < -0.4 is 4.31 Å². The molecule has 0 saturated heterocycles. The minimum absolute atomic E-state index is 0.163.